The van der Waals surface area contributed by atoms with Gasteiger partial charge in [-0.2, -0.15) is 4.98 Å². The third kappa shape index (κ3) is 6.49. The fourth-order valence-corrected chi connectivity index (χ4v) is 4.32. The maximum absolute atomic E-state index is 13.3. The molecule has 37 heavy (non-hydrogen) atoms. The molecular weight excluding hydrogens is 470 g/mol. The number of hydrogen-bond acceptors (Lipinski definition) is 8. The summed E-state index contributed by atoms with van der Waals surface area (Å²) in [6.45, 7) is 11.6. The summed E-state index contributed by atoms with van der Waals surface area (Å²) in [6.07, 6.45) is 3.48. The van der Waals surface area contributed by atoms with E-state index in [9.17, 15) is 9.59 Å². The van der Waals surface area contributed by atoms with Gasteiger partial charge in [0.15, 0.2) is 0 Å². The zero-order valence-electron chi connectivity index (χ0n) is 22.2. The van der Waals surface area contributed by atoms with Crippen molar-refractivity contribution in [1.29, 1.82) is 0 Å². The number of pyridine rings is 1. The topological polar surface area (TPSA) is 119 Å². The number of benzene rings is 1. The van der Waals surface area contributed by atoms with Crippen molar-refractivity contribution >= 4 is 34.4 Å². The maximum Gasteiger partial charge on any atom is 0.410 e. The first-order valence-corrected chi connectivity index (χ1v) is 12.9. The van der Waals surface area contributed by atoms with Crippen molar-refractivity contribution in [3.8, 4) is 0 Å². The largest absolute Gasteiger partial charge is 0.444 e. The van der Waals surface area contributed by atoms with Gasteiger partial charge in [0.1, 0.15) is 16.8 Å². The van der Waals surface area contributed by atoms with Crippen molar-refractivity contribution in [2.75, 3.05) is 48.7 Å². The van der Waals surface area contributed by atoms with E-state index < -0.39 is 5.60 Å². The fourth-order valence-electron chi connectivity index (χ4n) is 4.32. The Kier molecular flexibility index (Phi) is 7.85. The number of nitrogens with one attached hydrogen (secondary N) is 1. The predicted octanol–water partition coefficient (Wildman–Crippen LogP) is 3.69. The summed E-state index contributed by atoms with van der Waals surface area (Å²) in [6, 6.07) is 9.99. The molecule has 0 aliphatic carbocycles. The van der Waals surface area contributed by atoms with Gasteiger partial charge < -0.3 is 30.2 Å². The number of hydrogen-bond donors (Lipinski definition) is 2. The van der Waals surface area contributed by atoms with Crippen LogP contribution in [0.25, 0.3) is 10.9 Å². The number of unbranched alkanes of at least 4 members (excludes halogenated alkanes) is 1. The molecule has 10 heteroatoms. The van der Waals surface area contributed by atoms with E-state index in [1.54, 1.807) is 21.7 Å². The minimum Gasteiger partial charge on any atom is -0.444 e. The predicted molar refractivity (Wildman–Crippen MR) is 147 cm³/mol. The number of rotatable bonds is 7. The minimum absolute atomic E-state index is 0.145. The SMILES string of the molecule is CCCCNc1nc(N)nc2ccn(Cc3ccc(N4CCN(C(=O)OC(C)(C)C)CC4)cc3)c(=O)c12. The molecule has 1 aromatic carbocycles. The van der Waals surface area contributed by atoms with Gasteiger partial charge in [-0.25, -0.2) is 9.78 Å². The number of nitrogens with two attached hydrogens (primary N) is 1. The molecule has 0 unspecified atom stereocenters. The molecule has 0 bridgehead atoms. The van der Waals surface area contributed by atoms with Crippen LogP contribution in [-0.2, 0) is 11.3 Å². The van der Waals surface area contributed by atoms with Crippen LogP contribution in [0.5, 0.6) is 0 Å². The number of ether oxygens (including phenoxy) is 1. The molecule has 1 aliphatic rings. The number of carbonyl (C=O) groups is 1. The number of nitrogen functional groups attached to an aromatic ring is 1. The van der Waals surface area contributed by atoms with Gasteiger partial charge in [-0.1, -0.05) is 25.5 Å². The van der Waals surface area contributed by atoms with Gasteiger partial charge in [0, 0.05) is 44.6 Å². The second-order valence-electron chi connectivity index (χ2n) is 10.3. The van der Waals surface area contributed by atoms with Crippen LogP contribution in [0.2, 0.25) is 0 Å². The number of carbonyl (C=O) groups excluding carboxylic acids is 1. The van der Waals surface area contributed by atoms with Crippen LogP contribution in [0, 0.1) is 0 Å². The average Bonchev–Trinajstić information content (AvgIpc) is 2.85. The summed E-state index contributed by atoms with van der Waals surface area (Å²) in [5.41, 5.74) is 7.85. The highest BCUT2D eigenvalue weighted by Crippen LogP contribution is 2.21. The van der Waals surface area contributed by atoms with Crippen LogP contribution in [0.3, 0.4) is 0 Å². The van der Waals surface area contributed by atoms with Gasteiger partial charge >= 0.3 is 6.09 Å². The van der Waals surface area contributed by atoms with Crippen molar-refractivity contribution in [3.05, 3.63) is 52.4 Å². The highest BCUT2D eigenvalue weighted by molar-refractivity contribution is 5.89. The van der Waals surface area contributed by atoms with Crippen LogP contribution in [0.4, 0.5) is 22.2 Å². The minimum atomic E-state index is -0.495. The normalized spacial score (nSPS) is 14.2. The molecule has 3 heterocycles. The van der Waals surface area contributed by atoms with E-state index in [2.05, 4.69) is 39.2 Å². The second-order valence-corrected chi connectivity index (χ2v) is 10.3. The zero-order valence-corrected chi connectivity index (χ0v) is 22.2. The van der Waals surface area contributed by atoms with E-state index in [-0.39, 0.29) is 17.6 Å². The van der Waals surface area contributed by atoms with E-state index in [4.69, 9.17) is 10.5 Å². The molecular formula is C27H37N7O3. The van der Waals surface area contributed by atoms with Crippen molar-refractivity contribution in [1.82, 2.24) is 19.4 Å². The summed E-state index contributed by atoms with van der Waals surface area (Å²) in [5, 5.41) is 3.69. The molecule has 3 aromatic rings. The molecule has 1 amide bonds. The Bertz CT molecular complexity index is 1290. The number of anilines is 3. The first-order valence-electron chi connectivity index (χ1n) is 12.9. The first kappa shape index (κ1) is 26.2. The highest BCUT2D eigenvalue weighted by atomic mass is 16.6. The van der Waals surface area contributed by atoms with Crippen LogP contribution in [0.1, 0.15) is 46.1 Å². The molecule has 2 aromatic heterocycles. The Morgan fingerprint density at radius 3 is 2.43 bits per heavy atom. The van der Waals surface area contributed by atoms with Gasteiger partial charge in [-0.3, -0.25) is 4.79 Å². The first-order chi connectivity index (χ1) is 17.6. The van der Waals surface area contributed by atoms with Crippen molar-refractivity contribution in [3.63, 3.8) is 0 Å². The Labute approximate surface area is 217 Å². The fraction of sp³-hybridized carbons (Fsp3) is 0.481. The molecule has 0 atom stereocenters. The monoisotopic (exact) mass is 507 g/mol. The van der Waals surface area contributed by atoms with Gasteiger partial charge in [0.2, 0.25) is 5.95 Å². The Balaban J connectivity index is 1.44. The number of aromatic nitrogens is 3. The summed E-state index contributed by atoms with van der Waals surface area (Å²) in [7, 11) is 0. The van der Waals surface area contributed by atoms with E-state index in [0.717, 1.165) is 37.2 Å². The zero-order chi connectivity index (χ0) is 26.6. The molecule has 0 saturated carbocycles. The number of piperazine rings is 1. The molecule has 1 aliphatic heterocycles. The Hall–Kier alpha value is -3.82. The smallest absolute Gasteiger partial charge is 0.410 e. The standard InChI is InChI=1S/C27H37N7O3/c1-5-6-12-29-23-22-21(30-25(28)31-23)11-13-34(24(22)35)18-19-7-9-20(10-8-19)32-14-16-33(17-15-32)26(36)37-27(2,3)4/h7-11,13H,5-6,12,14-18H2,1-4H3,(H3,28,29,30,31). The van der Waals surface area contributed by atoms with E-state index in [1.165, 1.54) is 0 Å². The third-order valence-corrected chi connectivity index (χ3v) is 6.25. The van der Waals surface area contributed by atoms with Crippen molar-refractivity contribution in [2.45, 2.75) is 52.7 Å². The lowest BCUT2D eigenvalue weighted by atomic mass is 10.1. The van der Waals surface area contributed by atoms with Gasteiger partial charge in [-0.05, 0) is 51.0 Å². The van der Waals surface area contributed by atoms with E-state index in [0.29, 0.717) is 42.9 Å². The van der Waals surface area contributed by atoms with Gasteiger partial charge in [-0.15, -0.1) is 0 Å². The molecule has 0 radical (unpaired) electrons. The Morgan fingerprint density at radius 1 is 1.08 bits per heavy atom. The number of nitrogens with zero attached hydrogens (tertiary/aromatic N) is 5. The molecule has 198 valence electrons. The van der Waals surface area contributed by atoms with E-state index in [1.807, 2.05) is 32.9 Å². The van der Waals surface area contributed by atoms with Crippen LogP contribution >= 0.6 is 0 Å². The lowest BCUT2D eigenvalue weighted by Gasteiger charge is -2.36. The molecule has 1 saturated heterocycles. The quantitative estimate of drug-likeness (QED) is 0.465. The summed E-state index contributed by atoms with van der Waals surface area (Å²) < 4.78 is 7.16. The Morgan fingerprint density at radius 2 is 1.78 bits per heavy atom. The third-order valence-electron chi connectivity index (χ3n) is 6.25. The van der Waals surface area contributed by atoms with Crippen molar-refractivity contribution < 1.29 is 9.53 Å². The average molecular weight is 508 g/mol. The van der Waals surface area contributed by atoms with Gasteiger partial charge in [0.25, 0.3) is 5.56 Å². The summed E-state index contributed by atoms with van der Waals surface area (Å²) >= 11 is 0. The molecule has 10 nitrogen and oxygen atoms in total. The maximum atomic E-state index is 13.3. The highest BCUT2D eigenvalue weighted by Gasteiger charge is 2.26. The van der Waals surface area contributed by atoms with Crippen LogP contribution in [-0.4, -0.2) is 63.9 Å². The lowest BCUT2D eigenvalue weighted by molar-refractivity contribution is 0.0240. The molecule has 1 fully saturated rings. The molecule has 0 spiro atoms. The van der Waals surface area contributed by atoms with Crippen molar-refractivity contribution in [2.24, 2.45) is 0 Å². The number of fused-ring (bicyclic) bond motifs is 1. The molecule has 4 rings (SSSR count). The summed E-state index contributed by atoms with van der Waals surface area (Å²) in [5.74, 6) is 0.627. The summed E-state index contributed by atoms with van der Waals surface area (Å²) in [4.78, 5) is 38.2. The van der Waals surface area contributed by atoms with Crippen LogP contribution < -0.4 is 21.5 Å². The van der Waals surface area contributed by atoms with E-state index >= 15 is 0 Å². The van der Waals surface area contributed by atoms with Crippen LogP contribution in [0.15, 0.2) is 41.3 Å². The second kappa shape index (κ2) is 11.1. The lowest BCUT2D eigenvalue weighted by Crippen LogP contribution is -2.50. The van der Waals surface area contributed by atoms with Gasteiger partial charge in [0.05, 0.1) is 12.1 Å². The molecule has 3 N–H and O–H groups in total. The number of amides is 1.